The van der Waals surface area contributed by atoms with Crippen LogP contribution in [0.5, 0.6) is 5.75 Å². The molecule has 1 aliphatic rings. The number of hydrogen-bond donors (Lipinski definition) is 1. The minimum Gasteiger partial charge on any atom is -0.492 e. The van der Waals surface area contributed by atoms with E-state index in [0.717, 1.165) is 0 Å². The molecule has 0 aromatic heterocycles. The first-order valence-electron chi connectivity index (χ1n) is 7.80. The predicted molar refractivity (Wildman–Crippen MR) is 87.6 cm³/mol. The van der Waals surface area contributed by atoms with Gasteiger partial charge in [0.25, 0.3) is 0 Å². The van der Waals surface area contributed by atoms with Crippen LogP contribution in [0.1, 0.15) is 19.4 Å². The maximum absolute atomic E-state index is 12.5. The van der Waals surface area contributed by atoms with Crippen LogP contribution in [0.25, 0.3) is 0 Å². The van der Waals surface area contributed by atoms with Gasteiger partial charge in [-0.3, -0.25) is 4.79 Å². The van der Waals surface area contributed by atoms with E-state index in [1.54, 1.807) is 23.1 Å². The van der Waals surface area contributed by atoms with Crippen LogP contribution >= 0.6 is 0 Å². The van der Waals surface area contributed by atoms with Crippen molar-refractivity contribution in [2.24, 2.45) is 11.8 Å². The summed E-state index contributed by atoms with van der Waals surface area (Å²) >= 11 is 0. The zero-order valence-electron chi connectivity index (χ0n) is 14.0. The number of methoxy groups -OCH3 is 1. The van der Waals surface area contributed by atoms with Crippen molar-refractivity contribution in [1.29, 1.82) is 5.26 Å². The highest BCUT2D eigenvalue weighted by Gasteiger charge is 2.37. The van der Waals surface area contributed by atoms with Crippen molar-refractivity contribution in [1.82, 2.24) is 4.90 Å². The van der Waals surface area contributed by atoms with E-state index in [1.165, 1.54) is 7.11 Å². The van der Waals surface area contributed by atoms with E-state index in [0.29, 0.717) is 36.7 Å². The number of hydrogen-bond acceptors (Lipinski definition) is 5. The van der Waals surface area contributed by atoms with Gasteiger partial charge in [-0.2, -0.15) is 5.26 Å². The second-order valence-electron chi connectivity index (χ2n) is 5.70. The number of esters is 1. The maximum atomic E-state index is 12.5. The summed E-state index contributed by atoms with van der Waals surface area (Å²) in [6.07, 6.45) is 0. The third-order valence-electron chi connectivity index (χ3n) is 4.05. The third kappa shape index (κ3) is 3.77. The molecule has 0 bridgehead atoms. The molecule has 7 heteroatoms. The summed E-state index contributed by atoms with van der Waals surface area (Å²) < 4.78 is 10.3. The van der Waals surface area contributed by atoms with Crippen molar-refractivity contribution in [3.8, 4) is 11.8 Å². The second kappa shape index (κ2) is 7.68. The molecule has 0 unspecified atom stereocenters. The first kappa shape index (κ1) is 17.6. The van der Waals surface area contributed by atoms with E-state index in [2.05, 4.69) is 5.32 Å². The van der Waals surface area contributed by atoms with E-state index >= 15 is 0 Å². The van der Waals surface area contributed by atoms with Gasteiger partial charge in [0.15, 0.2) is 0 Å². The Balaban J connectivity index is 2.12. The molecular weight excluding hydrogens is 310 g/mol. The van der Waals surface area contributed by atoms with E-state index in [9.17, 15) is 9.59 Å². The fourth-order valence-corrected chi connectivity index (χ4v) is 2.76. The number of urea groups is 1. The Morgan fingerprint density at radius 3 is 2.79 bits per heavy atom. The van der Waals surface area contributed by atoms with Gasteiger partial charge in [-0.15, -0.1) is 0 Å². The van der Waals surface area contributed by atoms with Crippen LogP contribution in [0.15, 0.2) is 18.2 Å². The number of likely N-dealkylation sites (tertiary alicyclic amines) is 1. The molecule has 0 aliphatic carbocycles. The Morgan fingerprint density at radius 2 is 2.17 bits per heavy atom. The lowest BCUT2D eigenvalue weighted by molar-refractivity contribution is -0.145. The number of nitrogens with one attached hydrogen (secondary N) is 1. The molecule has 0 spiro atoms. The largest absolute Gasteiger partial charge is 0.492 e. The van der Waals surface area contributed by atoms with E-state index in [1.807, 2.05) is 19.9 Å². The summed E-state index contributed by atoms with van der Waals surface area (Å²) in [5, 5.41) is 11.8. The van der Waals surface area contributed by atoms with Crippen molar-refractivity contribution in [2.45, 2.75) is 13.8 Å². The number of benzene rings is 1. The van der Waals surface area contributed by atoms with Crippen molar-refractivity contribution in [2.75, 3.05) is 32.1 Å². The van der Waals surface area contributed by atoms with Gasteiger partial charge in [0.2, 0.25) is 0 Å². The Kier molecular flexibility index (Phi) is 5.64. The molecular formula is C17H21N3O4. The Bertz CT molecular complexity index is 668. The molecule has 1 fully saturated rings. The lowest BCUT2D eigenvalue weighted by atomic mass is 9.99. The fraction of sp³-hybridized carbons (Fsp3) is 0.471. The van der Waals surface area contributed by atoms with Crippen LogP contribution in [-0.4, -0.2) is 43.7 Å². The number of amides is 2. The summed E-state index contributed by atoms with van der Waals surface area (Å²) in [7, 11) is 1.35. The lowest BCUT2D eigenvalue weighted by Gasteiger charge is -2.18. The smallest absolute Gasteiger partial charge is 0.321 e. The van der Waals surface area contributed by atoms with Crippen molar-refractivity contribution in [3.05, 3.63) is 23.8 Å². The van der Waals surface area contributed by atoms with E-state index in [-0.39, 0.29) is 23.8 Å². The van der Waals surface area contributed by atoms with Gasteiger partial charge in [-0.05, 0) is 31.0 Å². The topological polar surface area (TPSA) is 91.7 Å². The minimum absolute atomic E-state index is 0.0278. The molecule has 24 heavy (non-hydrogen) atoms. The van der Waals surface area contributed by atoms with Gasteiger partial charge in [-0.25, -0.2) is 4.79 Å². The number of ether oxygens (including phenoxy) is 2. The molecule has 128 valence electrons. The van der Waals surface area contributed by atoms with Gasteiger partial charge < -0.3 is 19.7 Å². The fourth-order valence-electron chi connectivity index (χ4n) is 2.76. The standard InChI is InChI=1S/C17H21N3O4/c1-4-24-15-6-5-12(8-18)7-14(15)19-17(22)20-9-11(2)13(10-20)16(21)23-3/h5-7,11,13H,4,9-10H2,1-3H3,(H,19,22)/t11-,13-/m1/s1. The normalized spacial score (nSPS) is 19.5. The highest BCUT2D eigenvalue weighted by molar-refractivity contribution is 5.92. The van der Waals surface area contributed by atoms with Crippen LogP contribution in [0.4, 0.5) is 10.5 Å². The summed E-state index contributed by atoms with van der Waals surface area (Å²) in [5.74, 6) is -0.0987. The van der Waals surface area contributed by atoms with Crippen LogP contribution in [-0.2, 0) is 9.53 Å². The van der Waals surface area contributed by atoms with Gasteiger partial charge >= 0.3 is 12.0 Å². The number of carbonyl (C=O) groups is 2. The summed E-state index contributed by atoms with van der Waals surface area (Å²) in [5.41, 5.74) is 0.867. The zero-order chi connectivity index (χ0) is 17.7. The molecule has 1 aromatic rings. The Hall–Kier alpha value is -2.75. The van der Waals surface area contributed by atoms with Crippen LogP contribution in [0, 0.1) is 23.2 Å². The molecule has 1 aliphatic heterocycles. The summed E-state index contributed by atoms with van der Waals surface area (Å²) in [6.45, 7) is 4.97. The average molecular weight is 331 g/mol. The second-order valence-corrected chi connectivity index (χ2v) is 5.70. The van der Waals surface area contributed by atoms with Crippen molar-refractivity contribution in [3.63, 3.8) is 0 Å². The molecule has 1 aromatic carbocycles. The monoisotopic (exact) mass is 331 g/mol. The molecule has 1 heterocycles. The Morgan fingerprint density at radius 1 is 1.42 bits per heavy atom. The number of anilines is 1. The summed E-state index contributed by atoms with van der Waals surface area (Å²) in [6, 6.07) is 6.56. The predicted octanol–water partition coefficient (Wildman–Crippen LogP) is 2.23. The number of nitrogens with zero attached hydrogens (tertiary/aromatic N) is 2. The SMILES string of the molecule is CCOc1ccc(C#N)cc1NC(=O)N1C[C@@H](C)[C@H](C(=O)OC)C1. The van der Waals surface area contributed by atoms with Gasteiger partial charge in [0.05, 0.1) is 37.0 Å². The minimum atomic E-state index is -0.329. The number of carbonyl (C=O) groups excluding carboxylic acids is 2. The zero-order valence-corrected chi connectivity index (χ0v) is 14.0. The van der Waals surface area contributed by atoms with Crippen molar-refractivity contribution < 1.29 is 19.1 Å². The van der Waals surface area contributed by atoms with Crippen LogP contribution in [0.2, 0.25) is 0 Å². The molecule has 1 saturated heterocycles. The molecule has 1 N–H and O–H groups in total. The third-order valence-corrected chi connectivity index (χ3v) is 4.05. The molecule has 2 rings (SSSR count). The van der Waals surface area contributed by atoms with E-state index in [4.69, 9.17) is 14.7 Å². The first-order valence-corrected chi connectivity index (χ1v) is 7.80. The molecule has 0 radical (unpaired) electrons. The lowest BCUT2D eigenvalue weighted by Crippen LogP contribution is -2.34. The molecule has 0 saturated carbocycles. The number of nitriles is 1. The van der Waals surface area contributed by atoms with Crippen molar-refractivity contribution >= 4 is 17.7 Å². The quantitative estimate of drug-likeness (QED) is 0.854. The maximum Gasteiger partial charge on any atom is 0.321 e. The average Bonchev–Trinajstić information content (AvgIpc) is 2.97. The first-order chi connectivity index (χ1) is 11.5. The van der Waals surface area contributed by atoms with Gasteiger partial charge in [0, 0.05) is 13.1 Å². The van der Waals surface area contributed by atoms with Crippen LogP contribution < -0.4 is 10.1 Å². The van der Waals surface area contributed by atoms with Gasteiger partial charge in [0.1, 0.15) is 5.75 Å². The summed E-state index contributed by atoms with van der Waals surface area (Å²) in [4.78, 5) is 25.8. The molecule has 2 amide bonds. The Labute approximate surface area is 141 Å². The highest BCUT2D eigenvalue weighted by atomic mass is 16.5. The molecule has 2 atom stereocenters. The molecule has 7 nitrogen and oxygen atoms in total. The van der Waals surface area contributed by atoms with Gasteiger partial charge in [-0.1, -0.05) is 6.92 Å². The highest BCUT2D eigenvalue weighted by Crippen LogP contribution is 2.28. The number of rotatable bonds is 4. The van der Waals surface area contributed by atoms with Crippen LogP contribution in [0.3, 0.4) is 0 Å². The van der Waals surface area contributed by atoms with E-state index < -0.39 is 0 Å².